The van der Waals surface area contributed by atoms with E-state index >= 15 is 0 Å². The Bertz CT molecular complexity index is 525. The number of hydrogen-bond donors (Lipinski definition) is 1. The van der Waals surface area contributed by atoms with Crippen LogP contribution in [0.1, 0.15) is 38.3 Å². The summed E-state index contributed by atoms with van der Waals surface area (Å²) in [6.07, 6.45) is 2.05. The van der Waals surface area contributed by atoms with Crippen molar-refractivity contribution in [3.05, 3.63) is 39.9 Å². The summed E-state index contributed by atoms with van der Waals surface area (Å²) in [5.41, 5.74) is 0.781. The molecule has 21 heavy (non-hydrogen) atoms. The molecule has 0 aliphatic carbocycles. The summed E-state index contributed by atoms with van der Waals surface area (Å²) in [6.45, 7) is 5.58. The zero-order valence-electron chi connectivity index (χ0n) is 12.4. The van der Waals surface area contributed by atoms with E-state index in [-0.39, 0.29) is 17.8 Å². The van der Waals surface area contributed by atoms with Crippen molar-refractivity contribution in [2.24, 2.45) is 5.92 Å². The molecule has 0 radical (unpaired) electrons. The molecule has 1 aromatic rings. The predicted molar refractivity (Wildman–Crippen MR) is 80.0 cm³/mol. The minimum Gasteiger partial charge on any atom is -0.331 e. The number of piperidine rings is 1. The second-order valence-electron chi connectivity index (χ2n) is 5.69. The van der Waals surface area contributed by atoms with Gasteiger partial charge in [0.1, 0.15) is 0 Å². The normalized spacial score (nSPS) is 17.3. The first-order valence-corrected chi connectivity index (χ1v) is 7.27. The number of rotatable bonds is 3. The van der Waals surface area contributed by atoms with E-state index in [4.69, 9.17) is 0 Å². The summed E-state index contributed by atoms with van der Waals surface area (Å²) in [5.74, 6) is 0.670. The van der Waals surface area contributed by atoms with Crippen molar-refractivity contribution in [3.8, 4) is 0 Å². The van der Waals surface area contributed by atoms with E-state index in [0.717, 1.165) is 31.5 Å². The molecular weight excluding hydrogens is 270 g/mol. The fraction of sp³-hybridized carbons (Fsp3) is 0.533. The number of nitrogens with one attached hydrogen (secondary N) is 1. The Kier molecular flexibility index (Phi) is 4.77. The molecule has 1 aliphatic rings. The molecule has 0 bridgehead atoms. The Labute approximate surface area is 124 Å². The minimum absolute atomic E-state index is 0.0420. The number of nitro benzene ring substituents is 1. The number of nitro groups is 1. The molecule has 0 saturated carbocycles. The molecule has 6 heteroatoms. The lowest BCUT2D eigenvalue weighted by atomic mass is 9.99. The Morgan fingerprint density at radius 3 is 2.71 bits per heavy atom. The third-order valence-electron chi connectivity index (χ3n) is 3.99. The van der Waals surface area contributed by atoms with E-state index < -0.39 is 4.92 Å². The molecule has 2 rings (SSSR count). The molecule has 1 fully saturated rings. The van der Waals surface area contributed by atoms with Gasteiger partial charge in [0.15, 0.2) is 0 Å². The van der Waals surface area contributed by atoms with Crippen molar-refractivity contribution in [2.45, 2.75) is 32.7 Å². The van der Waals surface area contributed by atoms with Gasteiger partial charge in [0, 0.05) is 25.2 Å². The Balaban J connectivity index is 1.97. The summed E-state index contributed by atoms with van der Waals surface area (Å²) in [6, 6.07) is 6.03. The molecule has 1 atom stereocenters. The minimum atomic E-state index is -0.427. The van der Waals surface area contributed by atoms with E-state index in [2.05, 4.69) is 12.2 Å². The van der Waals surface area contributed by atoms with Crippen LogP contribution < -0.4 is 5.32 Å². The summed E-state index contributed by atoms with van der Waals surface area (Å²) in [5, 5.41) is 13.7. The van der Waals surface area contributed by atoms with Crippen molar-refractivity contribution in [3.63, 3.8) is 0 Å². The molecule has 1 aromatic carbocycles. The fourth-order valence-corrected chi connectivity index (χ4v) is 2.48. The highest BCUT2D eigenvalue weighted by molar-refractivity contribution is 5.74. The molecule has 2 amide bonds. The highest BCUT2D eigenvalue weighted by Gasteiger charge is 2.22. The van der Waals surface area contributed by atoms with Gasteiger partial charge in [-0.15, -0.1) is 0 Å². The smallest absolute Gasteiger partial charge is 0.317 e. The van der Waals surface area contributed by atoms with Gasteiger partial charge >= 0.3 is 6.03 Å². The first-order chi connectivity index (χ1) is 9.97. The number of carbonyl (C=O) groups excluding carboxylic acids is 1. The lowest BCUT2D eigenvalue weighted by Gasteiger charge is -2.31. The van der Waals surface area contributed by atoms with E-state index in [1.54, 1.807) is 12.1 Å². The fourth-order valence-electron chi connectivity index (χ4n) is 2.48. The van der Waals surface area contributed by atoms with E-state index in [1.807, 2.05) is 11.8 Å². The number of hydrogen-bond acceptors (Lipinski definition) is 3. The summed E-state index contributed by atoms with van der Waals surface area (Å²) in [4.78, 5) is 24.4. The van der Waals surface area contributed by atoms with E-state index in [9.17, 15) is 14.9 Å². The van der Waals surface area contributed by atoms with Gasteiger partial charge in [0.25, 0.3) is 5.69 Å². The lowest BCUT2D eigenvalue weighted by Crippen LogP contribution is -2.44. The SMILES string of the molecule is CC1CCN(C(=O)NC(C)c2cccc([N+](=O)[O-])c2)CC1. The quantitative estimate of drug-likeness (QED) is 0.686. The van der Waals surface area contributed by atoms with Crippen LogP contribution in [0, 0.1) is 16.0 Å². The van der Waals surface area contributed by atoms with Crippen molar-refractivity contribution in [2.75, 3.05) is 13.1 Å². The Morgan fingerprint density at radius 2 is 2.10 bits per heavy atom. The number of carbonyl (C=O) groups is 1. The maximum Gasteiger partial charge on any atom is 0.317 e. The first-order valence-electron chi connectivity index (χ1n) is 7.27. The van der Waals surface area contributed by atoms with Gasteiger partial charge in [0.05, 0.1) is 11.0 Å². The average Bonchev–Trinajstić information content (AvgIpc) is 2.48. The summed E-state index contributed by atoms with van der Waals surface area (Å²) in [7, 11) is 0. The molecule has 1 unspecified atom stereocenters. The zero-order chi connectivity index (χ0) is 15.4. The third kappa shape index (κ3) is 3.93. The van der Waals surface area contributed by atoms with Crippen LogP contribution in [0.4, 0.5) is 10.5 Å². The van der Waals surface area contributed by atoms with Crippen LogP contribution in [-0.4, -0.2) is 28.9 Å². The van der Waals surface area contributed by atoms with Crippen molar-refractivity contribution >= 4 is 11.7 Å². The van der Waals surface area contributed by atoms with Crippen molar-refractivity contribution in [1.29, 1.82) is 0 Å². The number of urea groups is 1. The molecular formula is C15H21N3O3. The number of benzene rings is 1. The maximum atomic E-state index is 12.2. The monoisotopic (exact) mass is 291 g/mol. The molecule has 114 valence electrons. The molecule has 1 aliphatic heterocycles. The number of amides is 2. The van der Waals surface area contributed by atoms with E-state index in [0.29, 0.717) is 5.92 Å². The molecule has 1 saturated heterocycles. The molecule has 0 aromatic heterocycles. The standard InChI is InChI=1S/C15H21N3O3/c1-11-6-8-17(9-7-11)15(19)16-12(2)13-4-3-5-14(10-13)18(20)21/h3-5,10-12H,6-9H2,1-2H3,(H,16,19). The molecule has 0 spiro atoms. The maximum absolute atomic E-state index is 12.2. The van der Waals surface area contributed by atoms with Crippen molar-refractivity contribution in [1.82, 2.24) is 10.2 Å². The van der Waals surface area contributed by atoms with Crippen LogP contribution in [0.15, 0.2) is 24.3 Å². The summed E-state index contributed by atoms with van der Waals surface area (Å²) < 4.78 is 0. The second kappa shape index (κ2) is 6.56. The Morgan fingerprint density at radius 1 is 1.43 bits per heavy atom. The number of non-ortho nitro benzene ring substituents is 1. The number of likely N-dealkylation sites (tertiary alicyclic amines) is 1. The largest absolute Gasteiger partial charge is 0.331 e. The first kappa shape index (κ1) is 15.3. The second-order valence-corrected chi connectivity index (χ2v) is 5.69. The summed E-state index contributed by atoms with van der Waals surface area (Å²) >= 11 is 0. The average molecular weight is 291 g/mol. The van der Waals surface area contributed by atoms with Gasteiger partial charge in [0.2, 0.25) is 0 Å². The molecule has 6 nitrogen and oxygen atoms in total. The van der Waals surface area contributed by atoms with Crippen LogP contribution in [-0.2, 0) is 0 Å². The van der Waals surface area contributed by atoms with Crippen LogP contribution in [0.2, 0.25) is 0 Å². The van der Waals surface area contributed by atoms with Gasteiger partial charge in [-0.25, -0.2) is 4.79 Å². The van der Waals surface area contributed by atoms with Crippen LogP contribution in [0.25, 0.3) is 0 Å². The highest BCUT2D eigenvalue weighted by Crippen LogP contribution is 2.20. The highest BCUT2D eigenvalue weighted by atomic mass is 16.6. The number of nitrogens with zero attached hydrogens (tertiary/aromatic N) is 2. The lowest BCUT2D eigenvalue weighted by molar-refractivity contribution is -0.384. The van der Waals surface area contributed by atoms with Crippen LogP contribution >= 0.6 is 0 Å². The zero-order valence-corrected chi connectivity index (χ0v) is 12.4. The van der Waals surface area contributed by atoms with Gasteiger partial charge in [-0.1, -0.05) is 19.1 Å². The van der Waals surface area contributed by atoms with Gasteiger partial charge in [-0.2, -0.15) is 0 Å². The Hall–Kier alpha value is -2.11. The van der Waals surface area contributed by atoms with Crippen molar-refractivity contribution < 1.29 is 9.72 Å². The third-order valence-corrected chi connectivity index (χ3v) is 3.99. The van der Waals surface area contributed by atoms with Gasteiger partial charge in [-0.3, -0.25) is 10.1 Å². The predicted octanol–water partition coefficient (Wildman–Crippen LogP) is 3.10. The van der Waals surface area contributed by atoms with Crippen LogP contribution in [0.3, 0.4) is 0 Å². The van der Waals surface area contributed by atoms with Crippen LogP contribution in [0.5, 0.6) is 0 Å². The molecule has 1 N–H and O–H groups in total. The van der Waals surface area contributed by atoms with E-state index in [1.165, 1.54) is 12.1 Å². The molecule has 1 heterocycles. The topological polar surface area (TPSA) is 75.5 Å². The van der Waals surface area contributed by atoms with Gasteiger partial charge in [-0.05, 0) is 31.2 Å². The van der Waals surface area contributed by atoms with Gasteiger partial charge < -0.3 is 10.2 Å².